The van der Waals surface area contributed by atoms with Crippen LogP contribution < -0.4 is 14.8 Å². The van der Waals surface area contributed by atoms with Crippen LogP contribution in [0.25, 0.3) is 0 Å². The molecule has 128 valence electrons. The van der Waals surface area contributed by atoms with E-state index in [2.05, 4.69) is 5.32 Å². The largest absolute Gasteiger partial charge is 0.493 e. The molecule has 0 aliphatic carbocycles. The van der Waals surface area contributed by atoms with Crippen molar-refractivity contribution < 1.29 is 23.8 Å². The Kier molecular flexibility index (Phi) is 6.57. The first kappa shape index (κ1) is 17.7. The Balaban J connectivity index is 1.77. The SMILES string of the molecule is COc1cc(CO)ccc1OCC(=O)NCCc1ccc(F)cc1. The smallest absolute Gasteiger partial charge is 0.257 e. The lowest BCUT2D eigenvalue weighted by molar-refractivity contribution is -0.123. The number of amides is 1. The summed E-state index contributed by atoms with van der Waals surface area (Å²) < 4.78 is 23.4. The number of rotatable bonds is 8. The number of aliphatic hydroxyl groups excluding tert-OH is 1. The number of methoxy groups -OCH3 is 1. The molecule has 0 aliphatic rings. The molecular weight excluding hydrogens is 313 g/mol. The average molecular weight is 333 g/mol. The molecule has 0 radical (unpaired) electrons. The quantitative estimate of drug-likeness (QED) is 0.776. The Morgan fingerprint density at radius 1 is 1.12 bits per heavy atom. The molecule has 5 nitrogen and oxygen atoms in total. The van der Waals surface area contributed by atoms with Crippen molar-refractivity contribution in [3.63, 3.8) is 0 Å². The molecule has 6 heteroatoms. The van der Waals surface area contributed by atoms with Crippen molar-refractivity contribution in [3.05, 3.63) is 59.4 Å². The van der Waals surface area contributed by atoms with Crippen LogP contribution in [-0.4, -0.2) is 31.3 Å². The maximum Gasteiger partial charge on any atom is 0.257 e. The van der Waals surface area contributed by atoms with Crippen LogP contribution in [0, 0.1) is 5.82 Å². The van der Waals surface area contributed by atoms with Crippen molar-refractivity contribution in [1.29, 1.82) is 0 Å². The molecule has 2 rings (SSSR count). The number of carbonyl (C=O) groups is 1. The van der Waals surface area contributed by atoms with Gasteiger partial charge in [-0.1, -0.05) is 18.2 Å². The second-order valence-electron chi connectivity index (χ2n) is 5.16. The maximum atomic E-state index is 12.8. The van der Waals surface area contributed by atoms with Gasteiger partial charge in [0, 0.05) is 6.54 Å². The van der Waals surface area contributed by atoms with Crippen molar-refractivity contribution in [2.75, 3.05) is 20.3 Å². The monoisotopic (exact) mass is 333 g/mol. The van der Waals surface area contributed by atoms with Crippen LogP contribution in [-0.2, 0) is 17.8 Å². The van der Waals surface area contributed by atoms with Gasteiger partial charge in [-0.05, 0) is 41.8 Å². The lowest BCUT2D eigenvalue weighted by Gasteiger charge is -2.12. The summed E-state index contributed by atoms with van der Waals surface area (Å²) in [4.78, 5) is 11.8. The number of aliphatic hydroxyl groups is 1. The van der Waals surface area contributed by atoms with E-state index in [-0.39, 0.29) is 24.9 Å². The minimum absolute atomic E-state index is 0.0967. The molecule has 1 amide bonds. The van der Waals surface area contributed by atoms with Crippen LogP contribution in [0.1, 0.15) is 11.1 Å². The number of carbonyl (C=O) groups excluding carboxylic acids is 1. The predicted octanol–water partition coefficient (Wildman–Crippen LogP) is 2.06. The summed E-state index contributed by atoms with van der Waals surface area (Å²) in [6.45, 7) is 0.202. The molecule has 0 atom stereocenters. The second kappa shape index (κ2) is 8.88. The van der Waals surface area contributed by atoms with Crippen molar-refractivity contribution in [1.82, 2.24) is 5.32 Å². The van der Waals surface area contributed by atoms with Gasteiger partial charge in [0.05, 0.1) is 13.7 Å². The van der Waals surface area contributed by atoms with Gasteiger partial charge in [0.1, 0.15) is 5.82 Å². The van der Waals surface area contributed by atoms with Gasteiger partial charge in [-0.25, -0.2) is 4.39 Å². The number of halogens is 1. The molecule has 0 spiro atoms. The minimum Gasteiger partial charge on any atom is -0.493 e. The van der Waals surface area contributed by atoms with E-state index in [1.807, 2.05) is 0 Å². The first-order chi connectivity index (χ1) is 11.6. The van der Waals surface area contributed by atoms with E-state index >= 15 is 0 Å². The van der Waals surface area contributed by atoms with Crippen LogP contribution in [0.3, 0.4) is 0 Å². The predicted molar refractivity (Wildman–Crippen MR) is 87.5 cm³/mol. The van der Waals surface area contributed by atoms with Gasteiger partial charge in [0.15, 0.2) is 18.1 Å². The molecule has 0 unspecified atom stereocenters. The topological polar surface area (TPSA) is 67.8 Å². The summed E-state index contributed by atoms with van der Waals surface area (Å²) in [6, 6.07) is 11.2. The molecule has 0 fully saturated rings. The molecule has 0 aromatic heterocycles. The van der Waals surface area contributed by atoms with Gasteiger partial charge in [-0.15, -0.1) is 0 Å². The first-order valence-corrected chi connectivity index (χ1v) is 7.54. The summed E-state index contributed by atoms with van der Waals surface area (Å²) in [5.74, 6) is 0.354. The molecule has 0 saturated carbocycles. The third-order valence-electron chi connectivity index (χ3n) is 3.42. The average Bonchev–Trinajstić information content (AvgIpc) is 2.61. The van der Waals surface area contributed by atoms with Crippen LogP contribution >= 0.6 is 0 Å². The van der Waals surface area contributed by atoms with E-state index in [0.29, 0.717) is 30.0 Å². The summed E-state index contributed by atoms with van der Waals surface area (Å²) in [7, 11) is 1.49. The van der Waals surface area contributed by atoms with Gasteiger partial charge < -0.3 is 19.9 Å². The Labute approximate surface area is 140 Å². The highest BCUT2D eigenvalue weighted by Gasteiger charge is 2.08. The fourth-order valence-corrected chi connectivity index (χ4v) is 2.12. The van der Waals surface area contributed by atoms with Crippen molar-refractivity contribution in [2.24, 2.45) is 0 Å². The molecule has 2 N–H and O–H groups in total. The molecule has 24 heavy (non-hydrogen) atoms. The van der Waals surface area contributed by atoms with Gasteiger partial charge in [0.25, 0.3) is 5.91 Å². The lowest BCUT2D eigenvalue weighted by Crippen LogP contribution is -2.30. The zero-order valence-electron chi connectivity index (χ0n) is 13.4. The van der Waals surface area contributed by atoms with E-state index < -0.39 is 0 Å². The van der Waals surface area contributed by atoms with Crippen molar-refractivity contribution in [3.8, 4) is 11.5 Å². The molecule has 2 aromatic carbocycles. The second-order valence-corrected chi connectivity index (χ2v) is 5.16. The molecule has 2 aromatic rings. The van der Waals surface area contributed by atoms with Gasteiger partial charge in [0.2, 0.25) is 0 Å². The standard InChI is InChI=1S/C18H20FNO4/c1-23-17-10-14(11-21)4-7-16(17)24-12-18(22)20-9-8-13-2-5-15(19)6-3-13/h2-7,10,21H,8-9,11-12H2,1H3,(H,20,22). The third-order valence-corrected chi connectivity index (χ3v) is 3.42. The van der Waals surface area contributed by atoms with Gasteiger partial charge >= 0.3 is 0 Å². The first-order valence-electron chi connectivity index (χ1n) is 7.54. The molecular formula is C18H20FNO4. The summed E-state index contributed by atoms with van der Waals surface area (Å²) in [6.07, 6.45) is 0.612. The fraction of sp³-hybridized carbons (Fsp3) is 0.278. The van der Waals surface area contributed by atoms with E-state index in [9.17, 15) is 9.18 Å². The Hall–Kier alpha value is -2.60. The normalized spacial score (nSPS) is 10.3. The number of hydrogen-bond acceptors (Lipinski definition) is 4. The number of ether oxygens (including phenoxy) is 2. The number of hydrogen-bond donors (Lipinski definition) is 2. The summed E-state index contributed by atoms with van der Waals surface area (Å²) in [5.41, 5.74) is 1.64. The van der Waals surface area contributed by atoms with E-state index in [4.69, 9.17) is 14.6 Å². The molecule has 0 heterocycles. The Morgan fingerprint density at radius 2 is 1.83 bits per heavy atom. The number of benzene rings is 2. The van der Waals surface area contributed by atoms with Crippen molar-refractivity contribution in [2.45, 2.75) is 13.0 Å². The van der Waals surface area contributed by atoms with Crippen LogP contribution in [0.4, 0.5) is 4.39 Å². The van der Waals surface area contributed by atoms with E-state index in [1.54, 1.807) is 30.3 Å². The van der Waals surface area contributed by atoms with Gasteiger partial charge in [-0.2, -0.15) is 0 Å². The molecule has 0 saturated heterocycles. The van der Waals surface area contributed by atoms with E-state index in [1.165, 1.54) is 19.2 Å². The minimum atomic E-state index is -0.280. The highest BCUT2D eigenvalue weighted by molar-refractivity contribution is 5.77. The number of nitrogens with one attached hydrogen (secondary N) is 1. The highest BCUT2D eigenvalue weighted by atomic mass is 19.1. The fourth-order valence-electron chi connectivity index (χ4n) is 2.12. The molecule has 0 bridgehead atoms. The third kappa shape index (κ3) is 5.24. The summed E-state index contributed by atoms with van der Waals surface area (Å²) in [5, 5.41) is 11.8. The summed E-state index contributed by atoms with van der Waals surface area (Å²) >= 11 is 0. The highest BCUT2D eigenvalue weighted by Crippen LogP contribution is 2.27. The zero-order chi connectivity index (χ0) is 17.4. The van der Waals surface area contributed by atoms with Crippen LogP contribution in [0.15, 0.2) is 42.5 Å². The van der Waals surface area contributed by atoms with Gasteiger partial charge in [-0.3, -0.25) is 4.79 Å². The maximum absolute atomic E-state index is 12.8. The van der Waals surface area contributed by atoms with Crippen LogP contribution in [0.5, 0.6) is 11.5 Å². The van der Waals surface area contributed by atoms with E-state index in [0.717, 1.165) is 5.56 Å². The van der Waals surface area contributed by atoms with Crippen molar-refractivity contribution >= 4 is 5.91 Å². The Bertz CT molecular complexity index is 673. The molecule has 0 aliphatic heterocycles. The van der Waals surface area contributed by atoms with Crippen LogP contribution in [0.2, 0.25) is 0 Å². The Morgan fingerprint density at radius 3 is 2.50 bits per heavy atom. The zero-order valence-corrected chi connectivity index (χ0v) is 13.4. The lowest BCUT2D eigenvalue weighted by atomic mass is 10.1.